The fourth-order valence-corrected chi connectivity index (χ4v) is 1.84. The minimum absolute atomic E-state index is 0.354. The summed E-state index contributed by atoms with van der Waals surface area (Å²) in [6.07, 6.45) is 1.58. The van der Waals surface area contributed by atoms with Crippen LogP contribution in [0.25, 0.3) is 0 Å². The molecule has 0 saturated carbocycles. The zero-order chi connectivity index (χ0) is 10.6. The molecule has 14 heavy (non-hydrogen) atoms. The molecule has 1 aliphatic rings. The largest absolute Gasteiger partial charge is 0.481 e. The maximum atomic E-state index is 11.2. The predicted octanol–water partition coefficient (Wildman–Crippen LogP) is 0.819. The van der Waals surface area contributed by atoms with Gasteiger partial charge in [-0.25, -0.2) is 0 Å². The van der Waals surface area contributed by atoms with Gasteiger partial charge in [0.2, 0.25) is 0 Å². The molecule has 1 saturated heterocycles. The topological polar surface area (TPSA) is 49.8 Å². The van der Waals surface area contributed by atoms with Crippen LogP contribution in [-0.2, 0) is 9.53 Å². The van der Waals surface area contributed by atoms with E-state index in [1.807, 2.05) is 18.9 Å². The Bertz CT molecular complexity index is 200. The number of hydrogen-bond donors (Lipinski definition) is 1. The molecule has 0 amide bonds. The van der Waals surface area contributed by atoms with Crippen molar-refractivity contribution in [2.75, 3.05) is 33.4 Å². The van der Waals surface area contributed by atoms with Gasteiger partial charge in [0.15, 0.2) is 0 Å². The molecule has 0 aromatic heterocycles. The van der Waals surface area contributed by atoms with Gasteiger partial charge in [-0.15, -0.1) is 0 Å². The second-order valence-electron chi connectivity index (χ2n) is 4.07. The predicted molar refractivity (Wildman–Crippen MR) is 53.3 cm³/mol. The van der Waals surface area contributed by atoms with Crippen LogP contribution in [0.5, 0.6) is 0 Å². The molecule has 1 atom stereocenters. The average molecular weight is 201 g/mol. The minimum atomic E-state index is -0.725. The summed E-state index contributed by atoms with van der Waals surface area (Å²) in [5.41, 5.74) is -0.678. The van der Waals surface area contributed by atoms with Gasteiger partial charge in [0, 0.05) is 13.2 Å². The Kier molecular flexibility index (Phi) is 3.89. The molecule has 1 heterocycles. The van der Waals surface area contributed by atoms with Gasteiger partial charge >= 0.3 is 5.97 Å². The SMILES string of the molecule is CCN(C)CC1(C(=O)O)CCCOC1. The van der Waals surface area contributed by atoms with E-state index in [-0.39, 0.29) is 0 Å². The fourth-order valence-electron chi connectivity index (χ4n) is 1.84. The second-order valence-corrected chi connectivity index (χ2v) is 4.07. The maximum absolute atomic E-state index is 11.2. The molecule has 0 spiro atoms. The number of rotatable bonds is 4. The summed E-state index contributed by atoms with van der Waals surface area (Å²) < 4.78 is 5.28. The first-order valence-corrected chi connectivity index (χ1v) is 5.10. The number of carboxylic acid groups (broad SMARTS) is 1. The molecule has 0 aromatic rings. The average Bonchev–Trinajstić information content (AvgIpc) is 2.19. The van der Waals surface area contributed by atoms with Gasteiger partial charge in [-0.05, 0) is 26.4 Å². The molecule has 0 aromatic carbocycles. The maximum Gasteiger partial charge on any atom is 0.313 e. The van der Waals surface area contributed by atoms with E-state index in [0.29, 0.717) is 19.8 Å². The molecule has 0 radical (unpaired) electrons. The third kappa shape index (κ3) is 2.45. The van der Waals surface area contributed by atoms with Crippen molar-refractivity contribution < 1.29 is 14.6 Å². The summed E-state index contributed by atoms with van der Waals surface area (Å²) in [4.78, 5) is 13.3. The van der Waals surface area contributed by atoms with Crippen molar-refractivity contribution in [1.29, 1.82) is 0 Å². The monoisotopic (exact) mass is 201 g/mol. The molecule has 4 heteroatoms. The van der Waals surface area contributed by atoms with E-state index in [2.05, 4.69) is 0 Å². The van der Waals surface area contributed by atoms with Crippen LogP contribution >= 0.6 is 0 Å². The Morgan fingerprint density at radius 2 is 2.36 bits per heavy atom. The molecule has 1 fully saturated rings. The van der Waals surface area contributed by atoms with Crippen molar-refractivity contribution in [2.24, 2.45) is 5.41 Å². The van der Waals surface area contributed by atoms with E-state index < -0.39 is 11.4 Å². The van der Waals surface area contributed by atoms with Crippen LogP contribution in [0.3, 0.4) is 0 Å². The van der Waals surface area contributed by atoms with Crippen molar-refractivity contribution in [2.45, 2.75) is 19.8 Å². The summed E-state index contributed by atoms with van der Waals surface area (Å²) in [7, 11) is 1.94. The molecule has 1 aliphatic heterocycles. The second kappa shape index (κ2) is 4.75. The number of ether oxygens (including phenoxy) is 1. The van der Waals surface area contributed by atoms with E-state index in [0.717, 1.165) is 19.4 Å². The Hall–Kier alpha value is -0.610. The van der Waals surface area contributed by atoms with E-state index in [1.54, 1.807) is 0 Å². The van der Waals surface area contributed by atoms with Crippen molar-refractivity contribution in [3.8, 4) is 0 Å². The highest BCUT2D eigenvalue weighted by atomic mass is 16.5. The highest BCUT2D eigenvalue weighted by molar-refractivity contribution is 5.75. The van der Waals surface area contributed by atoms with E-state index in [4.69, 9.17) is 4.74 Å². The van der Waals surface area contributed by atoms with Crippen LogP contribution in [0.2, 0.25) is 0 Å². The summed E-state index contributed by atoms with van der Waals surface area (Å²) >= 11 is 0. The normalized spacial score (nSPS) is 27.9. The lowest BCUT2D eigenvalue weighted by Crippen LogP contribution is -2.47. The number of nitrogens with zero attached hydrogens (tertiary/aromatic N) is 1. The van der Waals surface area contributed by atoms with Crippen LogP contribution in [0.4, 0.5) is 0 Å². The molecule has 1 unspecified atom stereocenters. The summed E-state index contributed by atoms with van der Waals surface area (Å²) in [5, 5.41) is 9.23. The number of aliphatic carboxylic acids is 1. The highest BCUT2D eigenvalue weighted by Gasteiger charge is 2.41. The van der Waals surface area contributed by atoms with E-state index >= 15 is 0 Å². The van der Waals surface area contributed by atoms with Gasteiger partial charge < -0.3 is 14.7 Å². The first-order valence-electron chi connectivity index (χ1n) is 5.10. The number of carboxylic acids is 1. The zero-order valence-corrected chi connectivity index (χ0v) is 8.95. The van der Waals surface area contributed by atoms with Crippen LogP contribution < -0.4 is 0 Å². The summed E-state index contributed by atoms with van der Waals surface area (Å²) in [5.74, 6) is -0.725. The fraction of sp³-hybridized carbons (Fsp3) is 0.900. The molecule has 1 N–H and O–H groups in total. The molecule has 82 valence electrons. The summed E-state index contributed by atoms with van der Waals surface area (Å²) in [6, 6.07) is 0. The lowest BCUT2D eigenvalue weighted by atomic mass is 9.82. The van der Waals surface area contributed by atoms with Gasteiger partial charge in [-0.2, -0.15) is 0 Å². The number of carbonyl (C=O) groups is 1. The van der Waals surface area contributed by atoms with Crippen molar-refractivity contribution in [1.82, 2.24) is 4.90 Å². The smallest absolute Gasteiger partial charge is 0.313 e. The zero-order valence-electron chi connectivity index (χ0n) is 8.95. The third-order valence-corrected chi connectivity index (χ3v) is 2.89. The lowest BCUT2D eigenvalue weighted by molar-refractivity contribution is -0.159. The van der Waals surface area contributed by atoms with Gasteiger partial charge in [-0.1, -0.05) is 6.92 Å². The van der Waals surface area contributed by atoms with Crippen molar-refractivity contribution >= 4 is 5.97 Å². The first-order chi connectivity index (χ1) is 6.60. The van der Waals surface area contributed by atoms with E-state index in [9.17, 15) is 9.90 Å². The van der Waals surface area contributed by atoms with Crippen LogP contribution in [-0.4, -0.2) is 49.3 Å². The highest BCUT2D eigenvalue weighted by Crippen LogP contribution is 2.29. The molecule has 1 rings (SSSR count). The Labute approximate surface area is 84.8 Å². The van der Waals surface area contributed by atoms with Gasteiger partial charge in [-0.3, -0.25) is 4.79 Å². The first kappa shape index (κ1) is 11.5. The van der Waals surface area contributed by atoms with Crippen molar-refractivity contribution in [3.63, 3.8) is 0 Å². The number of hydrogen-bond acceptors (Lipinski definition) is 3. The van der Waals surface area contributed by atoms with Crippen LogP contribution in [0, 0.1) is 5.41 Å². The van der Waals surface area contributed by atoms with Gasteiger partial charge in [0.25, 0.3) is 0 Å². The standard InChI is InChI=1S/C10H19NO3/c1-3-11(2)7-10(9(12)13)5-4-6-14-8-10/h3-8H2,1-2H3,(H,12,13). The molecular formula is C10H19NO3. The van der Waals surface area contributed by atoms with Crippen LogP contribution in [0.15, 0.2) is 0 Å². The lowest BCUT2D eigenvalue weighted by Gasteiger charge is -2.35. The molecular weight excluding hydrogens is 182 g/mol. The quantitative estimate of drug-likeness (QED) is 0.731. The van der Waals surface area contributed by atoms with E-state index in [1.165, 1.54) is 0 Å². The van der Waals surface area contributed by atoms with Crippen LogP contribution in [0.1, 0.15) is 19.8 Å². The Morgan fingerprint density at radius 3 is 2.79 bits per heavy atom. The molecule has 0 bridgehead atoms. The van der Waals surface area contributed by atoms with Crippen molar-refractivity contribution in [3.05, 3.63) is 0 Å². The molecule has 0 aliphatic carbocycles. The minimum Gasteiger partial charge on any atom is -0.481 e. The Balaban J connectivity index is 2.65. The Morgan fingerprint density at radius 1 is 1.64 bits per heavy atom. The third-order valence-electron chi connectivity index (χ3n) is 2.89. The summed E-state index contributed by atoms with van der Waals surface area (Å²) in [6.45, 7) is 4.53. The van der Waals surface area contributed by atoms with Gasteiger partial charge in [0.05, 0.1) is 6.61 Å². The molecule has 4 nitrogen and oxygen atoms in total. The van der Waals surface area contributed by atoms with Gasteiger partial charge in [0.1, 0.15) is 5.41 Å².